The van der Waals surface area contributed by atoms with Crippen molar-refractivity contribution >= 4 is 11.7 Å². The van der Waals surface area contributed by atoms with Crippen molar-refractivity contribution < 1.29 is 4.79 Å². The molecule has 0 saturated heterocycles. The number of anilines is 1. The monoisotopic (exact) mass is 237 g/mol. The second-order valence-electron chi connectivity index (χ2n) is 3.78. The van der Waals surface area contributed by atoms with Crippen LogP contribution in [0.5, 0.6) is 0 Å². The number of nitrogens with zero attached hydrogens (tertiary/aromatic N) is 3. The maximum absolute atomic E-state index is 12.2. The van der Waals surface area contributed by atoms with Crippen molar-refractivity contribution in [3.05, 3.63) is 18.1 Å². The highest BCUT2D eigenvalue weighted by molar-refractivity contribution is 5.92. The van der Waals surface area contributed by atoms with E-state index in [1.807, 2.05) is 20.8 Å². The third-order valence-electron chi connectivity index (χ3n) is 2.73. The van der Waals surface area contributed by atoms with E-state index < -0.39 is 0 Å². The number of aromatic nitrogens is 2. The van der Waals surface area contributed by atoms with Crippen molar-refractivity contribution in [3.8, 4) is 0 Å². The largest absolute Gasteiger partial charge is 0.335 e. The summed E-state index contributed by atoms with van der Waals surface area (Å²) in [6, 6.07) is 0.184. The SMILES string of the molecule is CCC(C)N(CC)C(=O)c1cncc(NN)n1. The Bertz CT molecular complexity index is 382. The topological polar surface area (TPSA) is 84.1 Å². The zero-order valence-electron chi connectivity index (χ0n) is 10.5. The van der Waals surface area contributed by atoms with Gasteiger partial charge in [-0.2, -0.15) is 0 Å². The van der Waals surface area contributed by atoms with Crippen LogP contribution in [0.1, 0.15) is 37.7 Å². The smallest absolute Gasteiger partial charge is 0.274 e. The lowest BCUT2D eigenvalue weighted by Crippen LogP contribution is -2.38. The fraction of sp³-hybridized carbons (Fsp3) is 0.545. The van der Waals surface area contributed by atoms with Gasteiger partial charge in [-0.25, -0.2) is 10.8 Å². The van der Waals surface area contributed by atoms with Gasteiger partial charge in [-0.15, -0.1) is 0 Å². The molecule has 6 heteroatoms. The first-order valence-electron chi connectivity index (χ1n) is 5.73. The molecule has 0 fully saturated rings. The molecule has 0 radical (unpaired) electrons. The molecular weight excluding hydrogens is 218 g/mol. The van der Waals surface area contributed by atoms with Crippen molar-refractivity contribution in [2.75, 3.05) is 12.0 Å². The van der Waals surface area contributed by atoms with Crippen LogP contribution >= 0.6 is 0 Å². The van der Waals surface area contributed by atoms with Crippen LogP contribution in [-0.2, 0) is 0 Å². The van der Waals surface area contributed by atoms with Crippen LogP contribution in [0.15, 0.2) is 12.4 Å². The number of nitrogen functional groups attached to an aromatic ring is 1. The number of carbonyl (C=O) groups excluding carboxylic acids is 1. The quantitative estimate of drug-likeness (QED) is 0.590. The molecule has 0 aliphatic carbocycles. The van der Waals surface area contributed by atoms with Crippen molar-refractivity contribution in [1.29, 1.82) is 0 Å². The minimum Gasteiger partial charge on any atom is -0.335 e. The first kappa shape index (κ1) is 13.4. The molecule has 1 rings (SSSR count). The average molecular weight is 237 g/mol. The first-order valence-corrected chi connectivity index (χ1v) is 5.73. The van der Waals surface area contributed by atoms with Crippen LogP contribution in [0.3, 0.4) is 0 Å². The fourth-order valence-corrected chi connectivity index (χ4v) is 1.56. The van der Waals surface area contributed by atoms with Crippen molar-refractivity contribution in [2.45, 2.75) is 33.2 Å². The third kappa shape index (κ3) is 3.13. The third-order valence-corrected chi connectivity index (χ3v) is 2.73. The molecule has 0 aliphatic rings. The summed E-state index contributed by atoms with van der Waals surface area (Å²) in [5.74, 6) is 5.50. The molecule has 0 spiro atoms. The van der Waals surface area contributed by atoms with E-state index in [-0.39, 0.29) is 11.9 Å². The Morgan fingerprint density at radius 3 is 2.76 bits per heavy atom. The van der Waals surface area contributed by atoms with E-state index >= 15 is 0 Å². The minimum atomic E-state index is -0.119. The van der Waals surface area contributed by atoms with Gasteiger partial charge in [-0.3, -0.25) is 9.78 Å². The molecular formula is C11H19N5O. The number of carbonyl (C=O) groups is 1. The molecule has 0 saturated carbocycles. The number of amides is 1. The standard InChI is InChI=1S/C11H19N5O/c1-4-8(3)16(5-2)11(17)9-6-13-7-10(14-9)15-12/h6-8H,4-5,12H2,1-3H3,(H,14,15). The zero-order chi connectivity index (χ0) is 12.8. The Kier molecular flexibility index (Phi) is 4.84. The van der Waals surface area contributed by atoms with Crippen molar-refractivity contribution in [1.82, 2.24) is 14.9 Å². The minimum absolute atomic E-state index is 0.119. The molecule has 0 aliphatic heterocycles. The van der Waals surface area contributed by atoms with E-state index in [0.717, 1.165) is 6.42 Å². The Morgan fingerprint density at radius 1 is 1.53 bits per heavy atom. The Hall–Kier alpha value is -1.69. The van der Waals surface area contributed by atoms with Gasteiger partial charge in [-0.05, 0) is 20.3 Å². The lowest BCUT2D eigenvalue weighted by atomic mass is 10.2. The Morgan fingerprint density at radius 2 is 2.24 bits per heavy atom. The normalized spacial score (nSPS) is 12.0. The van der Waals surface area contributed by atoms with Gasteiger partial charge in [0.25, 0.3) is 5.91 Å². The van der Waals surface area contributed by atoms with Crippen LogP contribution < -0.4 is 11.3 Å². The summed E-state index contributed by atoms with van der Waals surface area (Å²) in [6.07, 6.45) is 3.83. The number of hydrazine groups is 1. The number of hydrogen-bond acceptors (Lipinski definition) is 5. The molecule has 1 aromatic rings. The molecule has 3 N–H and O–H groups in total. The van der Waals surface area contributed by atoms with Crippen LogP contribution in [0.25, 0.3) is 0 Å². The van der Waals surface area contributed by atoms with E-state index in [1.165, 1.54) is 12.4 Å². The molecule has 0 aromatic carbocycles. The molecule has 94 valence electrons. The van der Waals surface area contributed by atoms with E-state index in [1.54, 1.807) is 4.90 Å². The summed E-state index contributed by atoms with van der Waals surface area (Å²) in [6.45, 7) is 6.66. The number of nitrogens with two attached hydrogens (primary N) is 1. The summed E-state index contributed by atoms with van der Waals surface area (Å²) in [5.41, 5.74) is 2.69. The van der Waals surface area contributed by atoms with E-state index in [9.17, 15) is 4.79 Å². The number of hydrogen-bond donors (Lipinski definition) is 2. The number of nitrogens with one attached hydrogen (secondary N) is 1. The van der Waals surface area contributed by atoms with Gasteiger partial charge in [-0.1, -0.05) is 6.92 Å². The van der Waals surface area contributed by atoms with Crippen LogP contribution in [0.2, 0.25) is 0 Å². The average Bonchev–Trinajstić information content (AvgIpc) is 2.39. The second kappa shape index (κ2) is 6.15. The molecule has 0 bridgehead atoms. The van der Waals surface area contributed by atoms with Gasteiger partial charge in [0.15, 0.2) is 5.82 Å². The van der Waals surface area contributed by atoms with Gasteiger partial charge in [0, 0.05) is 12.6 Å². The molecule has 1 amide bonds. The molecule has 17 heavy (non-hydrogen) atoms. The van der Waals surface area contributed by atoms with E-state index in [4.69, 9.17) is 5.84 Å². The van der Waals surface area contributed by atoms with E-state index in [0.29, 0.717) is 18.1 Å². The van der Waals surface area contributed by atoms with Gasteiger partial charge in [0.2, 0.25) is 0 Å². The summed E-state index contributed by atoms with van der Waals surface area (Å²) < 4.78 is 0. The summed E-state index contributed by atoms with van der Waals surface area (Å²) >= 11 is 0. The van der Waals surface area contributed by atoms with Gasteiger partial charge >= 0.3 is 0 Å². The fourth-order valence-electron chi connectivity index (χ4n) is 1.56. The van der Waals surface area contributed by atoms with Crippen LogP contribution in [0, 0.1) is 0 Å². The lowest BCUT2D eigenvalue weighted by molar-refractivity contribution is 0.0693. The summed E-state index contributed by atoms with van der Waals surface area (Å²) in [5, 5.41) is 0. The highest BCUT2D eigenvalue weighted by Crippen LogP contribution is 2.09. The predicted octanol–water partition coefficient (Wildman–Crippen LogP) is 1.02. The first-order chi connectivity index (χ1) is 8.13. The molecule has 1 heterocycles. The van der Waals surface area contributed by atoms with E-state index in [2.05, 4.69) is 15.4 Å². The molecule has 1 aromatic heterocycles. The van der Waals surface area contributed by atoms with Crippen molar-refractivity contribution in [3.63, 3.8) is 0 Å². The highest BCUT2D eigenvalue weighted by atomic mass is 16.2. The highest BCUT2D eigenvalue weighted by Gasteiger charge is 2.20. The van der Waals surface area contributed by atoms with Crippen LogP contribution in [-0.4, -0.2) is 33.4 Å². The Labute approximate surface area is 101 Å². The molecule has 1 atom stereocenters. The second-order valence-corrected chi connectivity index (χ2v) is 3.78. The number of rotatable bonds is 5. The summed E-state index contributed by atoms with van der Waals surface area (Å²) in [4.78, 5) is 22.0. The predicted molar refractivity (Wildman–Crippen MR) is 66.3 cm³/mol. The van der Waals surface area contributed by atoms with Crippen molar-refractivity contribution in [2.24, 2.45) is 5.84 Å². The molecule has 1 unspecified atom stereocenters. The molecule has 6 nitrogen and oxygen atoms in total. The zero-order valence-corrected chi connectivity index (χ0v) is 10.5. The van der Waals surface area contributed by atoms with Gasteiger partial charge < -0.3 is 10.3 Å². The Balaban J connectivity index is 2.93. The maximum atomic E-state index is 12.2. The van der Waals surface area contributed by atoms with Crippen LogP contribution in [0.4, 0.5) is 5.82 Å². The summed E-state index contributed by atoms with van der Waals surface area (Å²) in [7, 11) is 0. The van der Waals surface area contributed by atoms with Gasteiger partial charge in [0.05, 0.1) is 12.4 Å². The maximum Gasteiger partial charge on any atom is 0.274 e. The lowest BCUT2D eigenvalue weighted by Gasteiger charge is -2.26. The van der Waals surface area contributed by atoms with Gasteiger partial charge in [0.1, 0.15) is 5.69 Å².